The van der Waals surface area contributed by atoms with Crippen molar-refractivity contribution in [1.29, 1.82) is 0 Å². The van der Waals surface area contributed by atoms with Crippen LogP contribution in [0, 0.1) is 5.82 Å². The summed E-state index contributed by atoms with van der Waals surface area (Å²) in [6, 6.07) is 6.47. The molecule has 1 aromatic rings. The van der Waals surface area contributed by atoms with Crippen molar-refractivity contribution < 1.29 is 13.9 Å². The van der Waals surface area contributed by atoms with Crippen LogP contribution in [-0.4, -0.2) is 31.1 Å². The Morgan fingerprint density at radius 1 is 1.47 bits per heavy atom. The lowest BCUT2D eigenvalue weighted by Gasteiger charge is -2.16. The molecule has 0 heterocycles. The molecule has 0 saturated heterocycles. The molecule has 94 valence electrons. The second kappa shape index (κ2) is 7.01. The standard InChI is InChI=1S/C13H18FNO2/c1-3-17-13(16)7-8-15(2)10-11-5-4-6-12(14)9-11/h4-6,9H,3,7-8,10H2,1-2H3. The number of nitrogens with zero attached hydrogens (tertiary/aromatic N) is 1. The molecule has 0 fully saturated rings. The van der Waals surface area contributed by atoms with Gasteiger partial charge in [-0.3, -0.25) is 4.79 Å². The third-order valence-corrected chi connectivity index (χ3v) is 2.34. The maximum atomic E-state index is 12.9. The van der Waals surface area contributed by atoms with Crippen LogP contribution in [0.4, 0.5) is 4.39 Å². The third-order valence-electron chi connectivity index (χ3n) is 2.34. The van der Waals surface area contributed by atoms with E-state index in [2.05, 4.69) is 0 Å². The van der Waals surface area contributed by atoms with Gasteiger partial charge in [0.2, 0.25) is 0 Å². The van der Waals surface area contributed by atoms with Gasteiger partial charge in [0.25, 0.3) is 0 Å². The van der Waals surface area contributed by atoms with E-state index in [1.165, 1.54) is 12.1 Å². The summed E-state index contributed by atoms with van der Waals surface area (Å²) < 4.78 is 17.8. The van der Waals surface area contributed by atoms with Crippen molar-refractivity contribution in [2.45, 2.75) is 19.9 Å². The molecule has 0 N–H and O–H groups in total. The Kier molecular flexibility index (Phi) is 5.63. The van der Waals surface area contributed by atoms with E-state index >= 15 is 0 Å². The van der Waals surface area contributed by atoms with Crippen molar-refractivity contribution in [3.8, 4) is 0 Å². The number of rotatable bonds is 6. The minimum Gasteiger partial charge on any atom is -0.466 e. The molecule has 0 aliphatic carbocycles. The summed E-state index contributed by atoms with van der Waals surface area (Å²) in [4.78, 5) is 13.1. The van der Waals surface area contributed by atoms with Gasteiger partial charge in [0.15, 0.2) is 0 Å². The minimum atomic E-state index is -0.235. The molecule has 17 heavy (non-hydrogen) atoms. The predicted octanol–water partition coefficient (Wildman–Crippen LogP) is 2.21. The second-order valence-electron chi connectivity index (χ2n) is 3.92. The highest BCUT2D eigenvalue weighted by Crippen LogP contribution is 2.06. The van der Waals surface area contributed by atoms with Crippen LogP contribution in [0.3, 0.4) is 0 Å². The van der Waals surface area contributed by atoms with Crippen LogP contribution in [0.5, 0.6) is 0 Å². The highest BCUT2D eigenvalue weighted by Gasteiger charge is 2.06. The van der Waals surface area contributed by atoms with Gasteiger partial charge in [-0.1, -0.05) is 12.1 Å². The lowest BCUT2D eigenvalue weighted by molar-refractivity contribution is -0.143. The zero-order valence-corrected chi connectivity index (χ0v) is 10.3. The fourth-order valence-corrected chi connectivity index (χ4v) is 1.54. The number of carbonyl (C=O) groups excluding carboxylic acids is 1. The third kappa shape index (κ3) is 5.45. The molecule has 0 bridgehead atoms. The summed E-state index contributed by atoms with van der Waals surface area (Å²) in [5.74, 6) is -0.431. The number of benzene rings is 1. The second-order valence-corrected chi connectivity index (χ2v) is 3.92. The van der Waals surface area contributed by atoms with Gasteiger partial charge in [-0.15, -0.1) is 0 Å². The molecule has 0 radical (unpaired) electrons. The van der Waals surface area contributed by atoms with Crippen LogP contribution >= 0.6 is 0 Å². The lowest BCUT2D eigenvalue weighted by Crippen LogP contribution is -2.22. The Morgan fingerprint density at radius 2 is 2.24 bits per heavy atom. The SMILES string of the molecule is CCOC(=O)CCN(C)Cc1cccc(F)c1. The summed E-state index contributed by atoms with van der Waals surface area (Å²) >= 11 is 0. The average Bonchev–Trinajstić information content (AvgIpc) is 2.27. The molecular weight excluding hydrogens is 221 g/mol. The van der Waals surface area contributed by atoms with Gasteiger partial charge in [-0.2, -0.15) is 0 Å². The van der Waals surface area contributed by atoms with Gasteiger partial charge in [0.05, 0.1) is 13.0 Å². The Bertz CT molecular complexity index is 368. The number of carbonyl (C=O) groups is 1. The molecule has 0 aliphatic rings. The Labute approximate surface area is 101 Å². The molecule has 0 spiro atoms. The van der Waals surface area contributed by atoms with Crippen LogP contribution in [0.2, 0.25) is 0 Å². The van der Waals surface area contributed by atoms with Gasteiger partial charge in [0, 0.05) is 13.1 Å². The minimum absolute atomic E-state index is 0.196. The Morgan fingerprint density at radius 3 is 2.88 bits per heavy atom. The summed E-state index contributed by atoms with van der Waals surface area (Å²) in [5, 5.41) is 0. The van der Waals surface area contributed by atoms with E-state index in [4.69, 9.17) is 4.74 Å². The van der Waals surface area contributed by atoms with Crippen molar-refractivity contribution >= 4 is 5.97 Å². The summed E-state index contributed by atoms with van der Waals surface area (Å²) in [5.41, 5.74) is 0.899. The van der Waals surface area contributed by atoms with Crippen molar-refractivity contribution in [1.82, 2.24) is 4.90 Å². The first-order valence-corrected chi connectivity index (χ1v) is 5.70. The molecule has 0 aromatic heterocycles. The highest BCUT2D eigenvalue weighted by molar-refractivity contribution is 5.69. The fraction of sp³-hybridized carbons (Fsp3) is 0.462. The van der Waals surface area contributed by atoms with Crippen LogP contribution in [0.1, 0.15) is 18.9 Å². The van der Waals surface area contributed by atoms with Gasteiger partial charge in [0.1, 0.15) is 5.82 Å². The average molecular weight is 239 g/mol. The number of ether oxygens (including phenoxy) is 1. The van der Waals surface area contributed by atoms with E-state index < -0.39 is 0 Å². The van der Waals surface area contributed by atoms with E-state index in [-0.39, 0.29) is 11.8 Å². The molecule has 0 unspecified atom stereocenters. The monoisotopic (exact) mass is 239 g/mol. The van der Waals surface area contributed by atoms with E-state index in [1.54, 1.807) is 13.0 Å². The topological polar surface area (TPSA) is 29.5 Å². The molecule has 0 aliphatic heterocycles. The first-order valence-electron chi connectivity index (χ1n) is 5.70. The number of esters is 1. The van der Waals surface area contributed by atoms with Crippen LogP contribution < -0.4 is 0 Å². The summed E-state index contributed by atoms with van der Waals surface area (Å²) in [6.07, 6.45) is 0.361. The molecule has 1 rings (SSSR count). The van der Waals surface area contributed by atoms with Crippen LogP contribution in [0.15, 0.2) is 24.3 Å². The van der Waals surface area contributed by atoms with Gasteiger partial charge in [-0.25, -0.2) is 4.39 Å². The largest absolute Gasteiger partial charge is 0.466 e. The molecule has 0 amide bonds. The molecule has 0 saturated carbocycles. The van der Waals surface area contributed by atoms with E-state index in [0.717, 1.165) is 5.56 Å². The quantitative estimate of drug-likeness (QED) is 0.713. The Hall–Kier alpha value is -1.42. The first-order chi connectivity index (χ1) is 8.11. The highest BCUT2D eigenvalue weighted by atomic mass is 19.1. The van der Waals surface area contributed by atoms with Crippen LogP contribution in [-0.2, 0) is 16.1 Å². The van der Waals surface area contributed by atoms with Gasteiger partial charge < -0.3 is 9.64 Å². The molecule has 4 heteroatoms. The fourth-order valence-electron chi connectivity index (χ4n) is 1.54. The van der Waals surface area contributed by atoms with Gasteiger partial charge >= 0.3 is 5.97 Å². The normalized spacial score (nSPS) is 10.6. The maximum absolute atomic E-state index is 12.9. The van der Waals surface area contributed by atoms with E-state index in [9.17, 15) is 9.18 Å². The summed E-state index contributed by atoms with van der Waals surface area (Å²) in [6.45, 7) is 3.42. The number of halogens is 1. The Balaban J connectivity index is 2.34. The maximum Gasteiger partial charge on any atom is 0.307 e. The van der Waals surface area contributed by atoms with Crippen molar-refractivity contribution in [3.63, 3.8) is 0 Å². The van der Waals surface area contributed by atoms with E-state index in [1.807, 2.05) is 18.0 Å². The van der Waals surface area contributed by atoms with E-state index in [0.29, 0.717) is 26.1 Å². The number of hydrogen-bond donors (Lipinski definition) is 0. The first kappa shape index (κ1) is 13.6. The van der Waals surface area contributed by atoms with Crippen molar-refractivity contribution in [2.75, 3.05) is 20.2 Å². The molecule has 0 atom stereocenters. The molecular formula is C13H18FNO2. The number of hydrogen-bond acceptors (Lipinski definition) is 3. The van der Waals surface area contributed by atoms with Crippen molar-refractivity contribution in [3.05, 3.63) is 35.6 Å². The predicted molar refractivity (Wildman–Crippen MR) is 64.0 cm³/mol. The zero-order chi connectivity index (χ0) is 12.7. The molecule has 1 aromatic carbocycles. The van der Waals surface area contributed by atoms with Gasteiger partial charge in [-0.05, 0) is 31.7 Å². The summed E-state index contributed by atoms with van der Waals surface area (Å²) in [7, 11) is 1.89. The zero-order valence-electron chi connectivity index (χ0n) is 10.3. The lowest BCUT2D eigenvalue weighted by atomic mass is 10.2. The van der Waals surface area contributed by atoms with Crippen LogP contribution in [0.25, 0.3) is 0 Å². The van der Waals surface area contributed by atoms with Crippen molar-refractivity contribution in [2.24, 2.45) is 0 Å². The smallest absolute Gasteiger partial charge is 0.307 e. The molecule has 3 nitrogen and oxygen atoms in total.